The van der Waals surface area contributed by atoms with Crippen molar-refractivity contribution in [2.24, 2.45) is 18.9 Å². The van der Waals surface area contributed by atoms with E-state index in [0.29, 0.717) is 23.0 Å². The zero-order valence-corrected chi connectivity index (χ0v) is 23.8. The number of nitrogens with one attached hydrogen (secondary N) is 3. The van der Waals surface area contributed by atoms with Gasteiger partial charge in [0, 0.05) is 62.7 Å². The third kappa shape index (κ3) is 5.60. The molecule has 2 fully saturated rings. The van der Waals surface area contributed by atoms with Gasteiger partial charge in [-0.15, -0.1) is 10.2 Å². The van der Waals surface area contributed by atoms with Crippen LogP contribution in [0.5, 0.6) is 5.75 Å². The highest BCUT2D eigenvalue weighted by Gasteiger charge is 2.31. The van der Waals surface area contributed by atoms with Crippen LogP contribution in [-0.4, -0.2) is 64.0 Å². The van der Waals surface area contributed by atoms with E-state index >= 15 is 0 Å². The molecule has 4 heterocycles. The predicted molar refractivity (Wildman–Crippen MR) is 159 cm³/mol. The molecule has 6 rings (SSSR count). The summed E-state index contributed by atoms with van der Waals surface area (Å²) < 4.78 is 7.75. The van der Waals surface area contributed by atoms with E-state index in [1.54, 1.807) is 13.2 Å². The minimum Gasteiger partial charge on any atom is -0.494 e. The van der Waals surface area contributed by atoms with Crippen LogP contribution in [0.2, 0.25) is 0 Å². The number of benzene rings is 1. The number of para-hydroxylation sites is 1. The average Bonchev–Trinajstić information content (AvgIpc) is 3.77. The van der Waals surface area contributed by atoms with Gasteiger partial charge in [-0.3, -0.25) is 19.3 Å². The molecule has 0 spiro atoms. The van der Waals surface area contributed by atoms with Crippen LogP contribution in [0.1, 0.15) is 29.0 Å². The largest absolute Gasteiger partial charge is 0.494 e. The van der Waals surface area contributed by atoms with Crippen LogP contribution >= 0.6 is 0 Å². The topological polar surface area (TPSA) is 139 Å². The second-order valence-electron chi connectivity index (χ2n) is 10.7. The Kier molecular flexibility index (Phi) is 7.43. The Morgan fingerprint density at radius 3 is 2.60 bits per heavy atom. The molecule has 0 bridgehead atoms. The minimum atomic E-state index is -0.412. The molecule has 1 aliphatic carbocycles. The van der Waals surface area contributed by atoms with Crippen molar-refractivity contribution in [3.8, 4) is 17.0 Å². The Hall–Kier alpha value is -5.00. The third-order valence-corrected chi connectivity index (χ3v) is 7.56. The van der Waals surface area contributed by atoms with Crippen LogP contribution in [-0.2, 0) is 18.3 Å². The number of methoxy groups -OCH3 is 1. The van der Waals surface area contributed by atoms with Crippen LogP contribution in [0.4, 0.5) is 23.0 Å². The summed E-state index contributed by atoms with van der Waals surface area (Å²) >= 11 is 0. The summed E-state index contributed by atoms with van der Waals surface area (Å²) in [5.41, 5.74) is 3.75. The number of pyridine rings is 1. The normalized spacial score (nSPS) is 14.7. The van der Waals surface area contributed by atoms with Gasteiger partial charge in [0.2, 0.25) is 5.91 Å². The van der Waals surface area contributed by atoms with Crippen molar-refractivity contribution in [1.29, 1.82) is 0 Å². The number of amides is 2. The van der Waals surface area contributed by atoms with Crippen LogP contribution in [0.25, 0.3) is 11.3 Å². The van der Waals surface area contributed by atoms with Crippen LogP contribution in [0.15, 0.2) is 54.7 Å². The van der Waals surface area contributed by atoms with Crippen molar-refractivity contribution < 1.29 is 14.3 Å². The number of hydrogen-bond acceptors (Lipinski definition) is 9. The molecule has 2 amide bonds. The Bertz CT molecular complexity index is 1610. The summed E-state index contributed by atoms with van der Waals surface area (Å²) in [6.07, 6.45) is 4.52. The molecule has 12 nitrogen and oxygen atoms in total. The maximum absolute atomic E-state index is 12.6. The highest BCUT2D eigenvalue weighted by molar-refractivity contribution is 6.00. The molecule has 1 saturated carbocycles. The lowest BCUT2D eigenvalue weighted by atomic mass is 9.94. The maximum Gasteiger partial charge on any atom is 0.273 e. The van der Waals surface area contributed by atoms with E-state index in [1.165, 1.54) is 7.05 Å². The lowest BCUT2D eigenvalue weighted by Gasteiger charge is -2.40. The SMILES string of the molecule is CNC(=O)c1nnc(NC(=O)C2CC2)cc1Nc1cccc(-c2cc(N3CC(Cc4ccccn4)C3)n(C)n2)c1OC. The van der Waals surface area contributed by atoms with Crippen LogP contribution in [0, 0.1) is 11.8 Å². The molecular weight excluding hydrogens is 534 g/mol. The van der Waals surface area contributed by atoms with Gasteiger partial charge >= 0.3 is 0 Å². The van der Waals surface area contributed by atoms with Gasteiger partial charge in [-0.25, -0.2) is 0 Å². The second kappa shape index (κ2) is 11.5. The Balaban J connectivity index is 1.24. The number of ether oxygens (including phenoxy) is 1. The molecule has 0 radical (unpaired) electrons. The highest BCUT2D eigenvalue weighted by Crippen LogP contribution is 2.40. The second-order valence-corrected chi connectivity index (χ2v) is 10.7. The molecule has 0 atom stereocenters. The van der Waals surface area contributed by atoms with E-state index < -0.39 is 5.91 Å². The van der Waals surface area contributed by atoms with Crippen molar-refractivity contribution in [1.82, 2.24) is 30.3 Å². The average molecular weight is 568 g/mol. The standard InChI is InChI=1S/C30H33N9O3/c1-31-30(41)27-24(14-25(35-36-27)34-29(40)19-10-11-19)33-22-9-6-8-21(28(22)42-3)23-15-26(38(2)37-23)39-16-18(17-39)13-20-7-4-5-12-32-20/h4-9,12,14-15,18-19H,10-11,13,16-17H2,1-3H3,(H,31,41)(H2,33,34,35,40). The first-order valence-corrected chi connectivity index (χ1v) is 14.0. The van der Waals surface area contributed by atoms with Crippen molar-refractivity contribution in [3.63, 3.8) is 0 Å². The monoisotopic (exact) mass is 567 g/mol. The number of aryl methyl sites for hydroxylation is 1. The lowest BCUT2D eigenvalue weighted by Crippen LogP contribution is -2.48. The van der Waals surface area contributed by atoms with E-state index in [0.717, 1.165) is 55.1 Å². The summed E-state index contributed by atoms with van der Waals surface area (Å²) in [4.78, 5) is 31.7. The van der Waals surface area contributed by atoms with Gasteiger partial charge in [-0.2, -0.15) is 5.10 Å². The first-order chi connectivity index (χ1) is 20.4. The molecule has 3 N–H and O–H groups in total. The number of carbonyl (C=O) groups is 2. The van der Waals surface area contributed by atoms with Crippen LogP contribution in [0.3, 0.4) is 0 Å². The third-order valence-electron chi connectivity index (χ3n) is 7.56. The van der Waals surface area contributed by atoms with E-state index in [2.05, 4.69) is 48.2 Å². The smallest absolute Gasteiger partial charge is 0.273 e. The Labute approximate surface area is 243 Å². The molecule has 1 aromatic carbocycles. The van der Waals surface area contributed by atoms with Gasteiger partial charge in [0.15, 0.2) is 17.3 Å². The van der Waals surface area contributed by atoms with Crippen LogP contribution < -0.4 is 25.6 Å². The zero-order chi connectivity index (χ0) is 29.2. The Morgan fingerprint density at radius 1 is 1.05 bits per heavy atom. The van der Waals surface area contributed by atoms with Gasteiger partial charge in [0.25, 0.3) is 5.91 Å². The van der Waals surface area contributed by atoms with Gasteiger partial charge in [0.05, 0.1) is 24.2 Å². The van der Waals surface area contributed by atoms with Gasteiger partial charge in [-0.05, 0) is 49.4 Å². The molecule has 0 unspecified atom stereocenters. The molecule has 3 aromatic heterocycles. The fourth-order valence-corrected chi connectivity index (χ4v) is 5.20. The van der Waals surface area contributed by atoms with E-state index in [4.69, 9.17) is 9.84 Å². The summed E-state index contributed by atoms with van der Waals surface area (Å²) in [7, 11) is 5.06. The summed E-state index contributed by atoms with van der Waals surface area (Å²) in [5, 5.41) is 21.6. The zero-order valence-electron chi connectivity index (χ0n) is 23.8. The molecule has 4 aromatic rings. The quantitative estimate of drug-likeness (QED) is 0.263. The fourth-order valence-electron chi connectivity index (χ4n) is 5.20. The fraction of sp³-hybridized carbons (Fsp3) is 0.333. The first-order valence-electron chi connectivity index (χ1n) is 14.0. The highest BCUT2D eigenvalue weighted by atomic mass is 16.5. The summed E-state index contributed by atoms with van der Waals surface area (Å²) in [6.45, 7) is 1.87. The number of nitrogens with zero attached hydrogens (tertiary/aromatic N) is 6. The predicted octanol–water partition coefficient (Wildman–Crippen LogP) is 3.41. The lowest BCUT2D eigenvalue weighted by molar-refractivity contribution is -0.117. The number of aromatic nitrogens is 5. The molecule has 12 heteroatoms. The molecular formula is C30H33N9O3. The number of rotatable bonds is 10. The minimum absolute atomic E-state index is 0.00452. The van der Waals surface area contributed by atoms with E-state index in [1.807, 2.05) is 48.3 Å². The number of carbonyl (C=O) groups excluding carboxylic acids is 2. The maximum atomic E-state index is 12.6. The molecule has 216 valence electrons. The molecule has 2 aliphatic rings. The molecule has 42 heavy (non-hydrogen) atoms. The Morgan fingerprint density at radius 2 is 1.88 bits per heavy atom. The molecule has 1 aliphatic heterocycles. The van der Waals surface area contributed by atoms with Gasteiger partial charge in [0.1, 0.15) is 5.82 Å². The van der Waals surface area contributed by atoms with Gasteiger partial charge < -0.3 is 25.6 Å². The summed E-state index contributed by atoms with van der Waals surface area (Å²) in [6, 6.07) is 15.4. The van der Waals surface area contributed by atoms with Crippen molar-refractivity contribution >= 4 is 34.8 Å². The summed E-state index contributed by atoms with van der Waals surface area (Å²) in [5.74, 6) is 1.89. The van der Waals surface area contributed by atoms with Crippen molar-refractivity contribution in [2.45, 2.75) is 19.3 Å². The number of hydrogen-bond donors (Lipinski definition) is 3. The van der Waals surface area contributed by atoms with Gasteiger partial charge in [-0.1, -0.05) is 12.1 Å². The van der Waals surface area contributed by atoms with Crippen molar-refractivity contribution in [3.05, 3.63) is 66.1 Å². The molecule has 1 saturated heterocycles. The number of anilines is 4. The first kappa shape index (κ1) is 27.2. The van der Waals surface area contributed by atoms with E-state index in [9.17, 15) is 9.59 Å². The van der Waals surface area contributed by atoms with Crippen molar-refractivity contribution in [2.75, 3.05) is 42.8 Å². The van der Waals surface area contributed by atoms with E-state index in [-0.39, 0.29) is 23.3 Å².